The van der Waals surface area contributed by atoms with E-state index in [2.05, 4.69) is 10.6 Å². The van der Waals surface area contributed by atoms with E-state index in [1.165, 1.54) is 6.07 Å². The zero-order valence-electron chi connectivity index (χ0n) is 14.1. The summed E-state index contributed by atoms with van der Waals surface area (Å²) in [5.74, 6) is 0.0267. The van der Waals surface area contributed by atoms with Crippen LogP contribution >= 0.6 is 0 Å². The zero-order chi connectivity index (χ0) is 17.3. The summed E-state index contributed by atoms with van der Waals surface area (Å²) >= 11 is 0. The van der Waals surface area contributed by atoms with Gasteiger partial charge >= 0.3 is 0 Å². The predicted octanol–water partition coefficient (Wildman–Crippen LogP) is 1.43. The summed E-state index contributed by atoms with van der Waals surface area (Å²) in [6.45, 7) is 4.96. The Labute approximate surface area is 141 Å². The van der Waals surface area contributed by atoms with Crippen molar-refractivity contribution in [1.29, 1.82) is 0 Å². The van der Waals surface area contributed by atoms with Gasteiger partial charge in [-0.1, -0.05) is 32.0 Å². The Morgan fingerprint density at radius 2 is 2.08 bits per heavy atom. The van der Waals surface area contributed by atoms with Crippen LogP contribution in [0, 0.1) is 11.7 Å². The molecule has 3 rings (SSSR count). The van der Waals surface area contributed by atoms with Crippen molar-refractivity contribution in [2.75, 3.05) is 6.54 Å². The highest BCUT2D eigenvalue weighted by Crippen LogP contribution is 2.25. The lowest BCUT2D eigenvalue weighted by atomic mass is 9.99. The van der Waals surface area contributed by atoms with Crippen LogP contribution in [0.2, 0.25) is 0 Å². The molecule has 130 valence electrons. The molecule has 3 atom stereocenters. The molecule has 2 saturated heterocycles. The third-order valence-corrected chi connectivity index (χ3v) is 4.75. The second-order valence-corrected chi connectivity index (χ2v) is 7.10. The lowest BCUT2D eigenvalue weighted by Crippen LogP contribution is -2.61. The lowest BCUT2D eigenvalue weighted by molar-refractivity contribution is -0.147. The van der Waals surface area contributed by atoms with Crippen LogP contribution in [0.1, 0.15) is 32.3 Å². The third-order valence-electron chi connectivity index (χ3n) is 4.75. The van der Waals surface area contributed by atoms with Crippen molar-refractivity contribution < 1.29 is 14.0 Å². The number of nitrogens with one attached hydrogen (secondary N) is 2. The minimum absolute atomic E-state index is 0.00195. The molecule has 1 aromatic rings. The topological polar surface area (TPSA) is 61.4 Å². The number of carbonyl (C=O) groups excluding carboxylic acids is 2. The molecule has 2 heterocycles. The van der Waals surface area contributed by atoms with Crippen molar-refractivity contribution in [1.82, 2.24) is 15.5 Å². The van der Waals surface area contributed by atoms with E-state index >= 15 is 0 Å². The second-order valence-electron chi connectivity index (χ2n) is 7.10. The smallest absolute Gasteiger partial charge is 0.245 e. The molecule has 6 heteroatoms. The Kier molecular flexibility index (Phi) is 4.85. The number of hydrogen-bond acceptors (Lipinski definition) is 3. The maximum Gasteiger partial charge on any atom is 0.245 e. The molecule has 2 aliphatic heterocycles. The number of halogens is 1. The van der Waals surface area contributed by atoms with E-state index in [-0.39, 0.29) is 23.7 Å². The van der Waals surface area contributed by atoms with Gasteiger partial charge in [-0.15, -0.1) is 0 Å². The Morgan fingerprint density at radius 1 is 1.33 bits per heavy atom. The molecular formula is C18H24FN3O2. The highest BCUT2D eigenvalue weighted by atomic mass is 19.1. The molecule has 24 heavy (non-hydrogen) atoms. The van der Waals surface area contributed by atoms with Crippen molar-refractivity contribution in [3.8, 4) is 0 Å². The van der Waals surface area contributed by atoms with E-state index in [1.807, 2.05) is 13.8 Å². The highest BCUT2D eigenvalue weighted by molar-refractivity contribution is 5.97. The quantitative estimate of drug-likeness (QED) is 0.857. The van der Waals surface area contributed by atoms with Crippen LogP contribution in [-0.2, 0) is 16.1 Å². The molecule has 0 spiro atoms. The summed E-state index contributed by atoms with van der Waals surface area (Å²) in [6, 6.07) is 5.81. The maximum absolute atomic E-state index is 13.7. The van der Waals surface area contributed by atoms with Gasteiger partial charge in [0, 0.05) is 24.7 Å². The van der Waals surface area contributed by atoms with E-state index < -0.39 is 12.1 Å². The van der Waals surface area contributed by atoms with Crippen molar-refractivity contribution in [3.63, 3.8) is 0 Å². The monoisotopic (exact) mass is 333 g/mol. The van der Waals surface area contributed by atoms with Crippen LogP contribution in [0.3, 0.4) is 0 Å². The van der Waals surface area contributed by atoms with Gasteiger partial charge in [-0.2, -0.15) is 0 Å². The van der Waals surface area contributed by atoms with Crippen LogP contribution in [0.4, 0.5) is 4.39 Å². The summed E-state index contributed by atoms with van der Waals surface area (Å²) in [5, 5.41) is 6.13. The summed E-state index contributed by atoms with van der Waals surface area (Å²) in [7, 11) is 0. The van der Waals surface area contributed by atoms with Crippen LogP contribution < -0.4 is 10.6 Å². The molecule has 0 saturated carbocycles. The Hall–Kier alpha value is -1.95. The number of piperazine rings is 1. The van der Waals surface area contributed by atoms with Crippen LogP contribution in [0.15, 0.2) is 24.3 Å². The van der Waals surface area contributed by atoms with E-state index in [9.17, 15) is 14.0 Å². The minimum Gasteiger partial charge on any atom is -0.342 e. The molecule has 0 unspecified atom stereocenters. The summed E-state index contributed by atoms with van der Waals surface area (Å²) in [5.41, 5.74) is 0.593. The first kappa shape index (κ1) is 16.9. The molecule has 2 aliphatic rings. The van der Waals surface area contributed by atoms with Gasteiger partial charge in [0.25, 0.3) is 0 Å². The Balaban J connectivity index is 1.62. The van der Waals surface area contributed by atoms with Gasteiger partial charge in [0.05, 0.1) is 0 Å². The van der Waals surface area contributed by atoms with Crippen molar-refractivity contribution in [2.45, 2.75) is 51.4 Å². The molecule has 2 fully saturated rings. The molecule has 5 nitrogen and oxygen atoms in total. The molecule has 1 aromatic carbocycles. The summed E-state index contributed by atoms with van der Waals surface area (Å²) in [4.78, 5) is 26.6. The average molecular weight is 333 g/mol. The molecule has 0 aliphatic carbocycles. The maximum atomic E-state index is 13.7. The summed E-state index contributed by atoms with van der Waals surface area (Å²) < 4.78 is 13.7. The van der Waals surface area contributed by atoms with Crippen molar-refractivity contribution in [3.05, 3.63) is 35.6 Å². The number of fused-ring (bicyclic) bond motifs is 1. The third kappa shape index (κ3) is 3.43. The number of nitrogens with zero attached hydrogens (tertiary/aromatic N) is 1. The van der Waals surface area contributed by atoms with Gasteiger partial charge in [-0.25, -0.2) is 4.39 Å². The number of amides is 2. The van der Waals surface area contributed by atoms with E-state index in [4.69, 9.17) is 0 Å². The molecule has 2 amide bonds. The number of hydrogen-bond donors (Lipinski definition) is 2. The average Bonchev–Trinajstić information content (AvgIpc) is 2.96. The van der Waals surface area contributed by atoms with Gasteiger partial charge in [-0.3, -0.25) is 9.59 Å². The lowest BCUT2D eigenvalue weighted by Gasteiger charge is -2.35. The van der Waals surface area contributed by atoms with Crippen molar-refractivity contribution in [2.24, 2.45) is 5.92 Å². The number of benzene rings is 1. The van der Waals surface area contributed by atoms with Crippen molar-refractivity contribution >= 4 is 11.8 Å². The Morgan fingerprint density at radius 3 is 2.79 bits per heavy atom. The molecule has 2 N–H and O–H groups in total. The fourth-order valence-electron chi connectivity index (χ4n) is 3.53. The van der Waals surface area contributed by atoms with Crippen LogP contribution in [0.5, 0.6) is 0 Å². The molecular weight excluding hydrogens is 309 g/mol. The standard InChI is InChI=1S/C18H24FN3O2/c1-11(2)7-15-18(24)22-10-13(8-16(22)17(23)21-15)20-9-12-5-3-4-6-14(12)19/h3-6,11,13,15-16,20H,7-10H2,1-2H3,(H,21,23)/t13-,15-,16-/m0/s1. The fourth-order valence-corrected chi connectivity index (χ4v) is 3.53. The van der Waals surface area contributed by atoms with E-state index in [0.717, 1.165) is 0 Å². The van der Waals surface area contributed by atoms with Gasteiger partial charge in [-0.05, 0) is 24.8 Å². The predicted molar refractivity (Wildman–Crippen MR) is 88.5 cm³/mol. The molecule has 0 radical (unpaired) electrons. The van der Waals surface area contributed by atoms with E-state index in [0.29, 0.717) is 37.4 Å². The SMILES string of the molecule is CC(C)C[C@@H]1NC(=O)[C@@H]2C[C@H](NCc3ccccc3F)CN2C1=O. The highest BCUT2D eigenvalue weighted by Gasteiger charge is 2.46. The fraction of sp³-hybridized carbons (Fsp3) is 0.556. The Bertz CT molecular complexity index is 634. The minimum atomic E-state index is -0.418. The van der Waals surface area contributed by atoms with Crippen LogP contribution in [-0.4, -0.2) is 41.4 Å². The summed E-state index contributed by atoms with van der Waals surface area (Å²) in [6.07, 6.45) is 1.22. The molecule has 0 bridgehead atoms. The van der Waals surface area contributed by atoms with E-state index in [1.54, 1.807) is 23.1 Å². The van der Waals surface area contributed by atoms with Gasteiger partial charge < -0.3 is 15.5 Å². The zero-order valence-corrected chi connectivity index (χ0v) is 14.1. The van der Waals surface area contributed by atoms with Gasteiger partial charge in [0.2, 0.25) is 11.8 Å². The van der Waals surface area contributed by atoms with Gasteiger partial charge in [0.15, 0.2) is 0 Å². The first-order chi connectivity index (χ1) is 11.5. The molecule has 0 aromatic heterocycles. The first-order valence-corrected chi connectivity index (χ1v) is 8.53. The van der Waals surface area contributed by atoms with Crippen LogP contribution in [0.25, 0.3) is 0 Å². The van der Waals surface area contributed by atoms with Gasteiger partial charge in [0.1, 0.15) is 17.9 Å². The number of rotatable bonds is 5. The number of carbonyl (C=O) groups is 2. The normalized spacial score (nSPS) is 26.7. The largest absolute Gasteiger partial charge is 0.342 e. The second kappa shape index (κ2) is 6.89. The first-order valence-electron chi connectivity index (χ1n) is 8.53.